The van der Waals surface area contributed by atoms with Gasteiger partial charge in [-0.2, -0.15) is 5.26 Å². The van der Waals surface area contributed by atoms with Crippen molar-refractivity contribution in [2.24, 2.45) is 5.41 Å². The molecule has 0 aliphatic heterocycles. The summed E-state index contributed by atoms with van der Waals surface area (Å²) in [5, 5.41) is 8.62. The second-order valence-electron chi connectivity index (χ2n) is 3.04. The third kappa shape index (κ3) is 3.35. The lowest BCUT2D eigenvalue weighted by molar-refractivity contribution is -0.155. The van der Waals surface area contributed by atoms with Gasteiger partial charge in [-0.1, -0.05) is 13.8 Å². The van der Waals surface area contributed by atoms with Gasteiger partial charge in [0, 0.05) is 0 Å². The predicted molar refractivity (Wildman–Crippen MR) is 54.9 cm³/mol. The van der Waals surface area contributed by atoms with E-state index in [0.29, 0.717) is 19.4 Å². The number of carbonyl (C=O) groups excluding carboxylic acids is 1. The molecule has 0 radical (unpaired) electrons. The van der Waals surface area contributed by atoms with E-state index in [0.717, 1.165) is 0 Å². The Balaban J connectivity index is 0. The highest BCUT2D eigenvalue weighted by Crippen LogP contribution is 2.31. The smallest absolute Gasteiger partial charge is 0.313 e. The average Bonchev–Trinajstić information content (AvgIpc) is 2.14. The van der Waals surface area contributed by atoms with Crippen molar-refractivity contribution in [1.29, 1.82) is 5.26 Å². The first-order valence-corrected chi connectivity index (χ1v) is 4.71. The van der Waals surface area contributed by atoms with Crippen LogP contribution in [-0.2, 0) is 9.53 Å². The van der Waals surface area contributed by atoms with E-state index in [1.54, 1.807) is 6.92 Å². The lowest BCUT2D eigenvalue weighted by Crippen LogP contribution is -2.31. The van der Waals surface area contributed by atoms with Crippen LogP contribution in [0.3, 0.4) is 0 Å². The van der Waals surface area contributed by atoms with Crippen LogP contribution in [0.4, 0.5) is 0 Å². The van der Waals surface area contributed by atoms with Crippen molar-refractivity contribution in [3.8, 4) is 6.07 Å². The van der Waals surface area contributed by atoms with Crippen molar-refractivity contribution in [2.75, 3.05) is 6.61 Å². The van der Waals surface area contributed by atoms with E-state index in [-0.39, 0.29) is 18.5 Å². The molecule has 0 aromatic heterocycles. The number of nitrogens with zero attached hydrogens (tertiary/aromatic N) is 1. The van der Waals surface area contributed by atoms with Crippen molar-refractivity contribution in [3.05, 3.63) is 0 Å². The van der Waals surface area contributed by atoms with Crippen molar-refractivity contribution >= 4 is 5.97 Å². The molecule has 0 rings (SSSR count). The lowest BCUT2D eigenvalue weighted by Gasteiger charge is -2.25. The number of hydrogen-bond donors (Lipinski definition) is 1. The van der Waals surface area contributed by atoms with E-state index < -0.39 is 5.41 Å². The molecule has 0 spiro atoms. The fourth-order valence-electron chi connectivity index (χ4n) is 1.30. The van der Waals surface area contributed by atoms with E-state index in [1.165, 1.54) is 0 Å². The highest BCUT2D eigenvalue weighted by atomic mass is 16.5. The molecule has 0 aromatic rings. The van der Waals surface area contributed by atoms with Crippen LogP contribution in [0.15, 0.2) is 0 Å². The predicted octanol–water partition coefficient (Wildman–Crippen LogP) is 2.43. The van der Waals surface area contributed by atoms with Gasteiger partial charge in [-0.25, -0.2) is 0 Å². The molecule has 0 aliphatic rings. The van der Waals surface area contributed by atoms with Crippen LogP contribution in [0, 0.1) is 16.7 Å². The highest BCUT2D eigenvalue weighted by molar-refractivity contribution is 5.77. The molecule has 14 heavy (non-hydrogen) atoms. The molecule has 0 fully saturated rings. The third-order valence-electron chi connectivity index (χ3n) is 2.48. The minimum atomic E-state index is -0.579. The molecule has 3 N–H and O–H groups in total. The minimum Gasteiger partial charge on any atom is -0.466 e. The number of rotatable bonds is 5. The van der Waals surface area contributed by atoms with Crippen molar-refractivity contribution < 1.29 is 9.53 Å². The molecular weight excluding hydrogens is 180 g/mol. The molecule has 0 amide bonds. The average molecular weight is 200 g/mol. The Morgan fingerprint density at radius 2 is 1.86 bits per heavy atom. The molecule has 4 nitrogen and oxygen atoms in total. The zero-order valence-electron chi connectivity index (χ0n) is 9.30. The number of carbonyl (C=O) groups is 1. The molecule has 0 bridgehead atoms. The maximum absolute atomic E-state index is 11.5. The fraction of sp³-hybridized carbons (Fsp3) is 0.800. The van der Waals surface area contributed by atoms with Crippen molar-refractivity contribution in [3.63, 3.8) is 0 Å². The number of ether oxygens (including phenoxy) is 1. The first kappa shape index (κ1) is 15.4. The number of nitriles is 1. The summed E-state index contributed by atoms with van der Waals surface area (Å²) in [6.07, 6.45) is 1.57. The summed E-state index contributed by atoms with van der Waals surface area (Å²) in [5.41, 5.74) is -0.579. The minimum absolute atomic E-state index is 0. The third-order valence-corrected chi connectivity index (χ3v) is 2.48. The molecule has 0 unspecified atom stereocenters. The van der Waals surface area contributed by atoms with Crippen molar-refractivity contribution in [2.45, 2.75) is 40.0 Å². The second-order valence-corrected chi connectivity index (χ2v) is 3.04. The zero-order valence-corrected chi connectivity index (χ0v) is 9.30. The molecule has 0 aromatic carbocycles. The Kier molecular flexibility index (Phi) is 8.07. The Morgan fingerprint density at radius 1 is 1.36 bits per heavy atom. The van der Waals surface area contributed by atoms with Gasteiger partial charge in [0.05, 0.1) is 24.5 Å². The van der Waals surface area contributed by atoms with Crippen LogP contribution in [0.2, 0.25) is 0 Å². The van der Waals surface area contributed by atoms with Gasteiger partial charge in [-0.15, -0.1) is 0 Å². The summed E-state index contributed by atoms with van der Waals surface area (Å²) in [7, 11) is 0. The van der Waals surface area contributed by atoms with E-state index in [1.807, 2.05) is 19.9 Å². The molecule has 4 heteroatoms. The first-order chi connectivity index (χ1) is 6.16. The summed E-state index contributed by atoms with van der Waals surface area (Å²) < 4.78 is 4.95. The fourth-order valence-corrected chi connectivity index (χ4v) is 1.30. The summed E-state index contributed by atoms with van der Waals surface area (Å²) in [4.78, 5) is 11.5. The van der Waals surface area contributed by atoms with E-state index in [2.05, 4.69) is 0 Å². The largest absolute Gasteiger partial charge is 0.466 e. The summed E-state index contributed by atoms with van der Waals surface area (Å²) in [6, 6.07) is 2.05. The molecular formula is C10H20N2O2. The highest BCUT2D eigenvalue weighted by Gasteiger charge is 2.36. The van der Waals surface area contributed by atoms with Gasteiger partial charge in [-0.3, -0.25) is 4.79 Å². The monoisotopic (exact) mass is 200 g/mol. The second kappa shape index (κ2) is 7.34. The maximum atomic E-state index is 11.5. The molecule has 0 aliphatic carbocycles. The van der Waals surface area contributed by atoms with E-state index >= 15 is 0 Å². The molecule has 0 heterocycles. The van der Waals surface area contributed by atoms with Gasteiger partial charge in [-0.05, 0) is 19.8 Å². The van der Waals surface area contributed by atoms with Gasteiger partial charge in [0.1, 0.15) is 0 Å². The topological polar surface area (TPSA) is 85.1 Å². The Bertz CT molecular complexity index is 205. The van der Waals surface area contributed by atoms with E-state index in [9.17, 15) is 4.79 Å². The number of esters is 1. The Morgan fingerprint density at radius 3 is 2.14 bits per heavy atom. The molecule has 0 saturated carbocycles. The van der Waals surface area contributed by atoms with Crippen LogP contribution in [0.25, 0.3) is 0 Å². The molecule has 0 atom stereocenters. The van der Waals surface area contributed by atoms with Crippen molar-refractivity contribution in [1.82, 2.24) is 6.15 Å². The van der Waals surface area contributed by atoms with Gasteiger partial charge in [0.15, 0.2) is 0 Å². The van der Waals surface area contributed by atoms with Crippen LogP contribution < -0.4 is 6.15 Å². The van der Waals surface area contributed by atoms with Gasteiger partial charge < -0.3 is 10.9 Å². The zero-order chi connectivity index (χ0) is 10.3. The maximum Gasteiger partial charge on any atom is 0.313 e. The molecule has 0 saturated heterocycles. The quantitative estimate of drug-likeness (QED) is 0.690. The van der Waals surface area contributed by atoms with E-state index in [4.69, 9.17) is 10.00 Å². The van der Waals surface area contributed by atoms with Gasteiger partial charge >= 0.3 is 5.97 Å². The van der Waals surface area contributed by atoms with Gasteiger partial charge in [0.25, 0.3) is 0 Å². The lowest BCUT2D eigenvalue weighted by atomic mass is 9.80. The summed E-state index contributed by atoms with van der Waals surface area (Å²) in [5.74, 6) is -0.235. The standard InChI is InChI=1S/C10H17NO2.H3N/c1-4-10(5-2,7-8-11)9(12)13-6-3;/h4-7H2,1-3H3;1H3. The van der Waals surface area contributed by atoms with Gasteiger partial charge in [0.2, 0.25) is 0 Å². The Labute approximate surface area is 85.8 Å². The van der Waals surface area contributed by atoms with Crippen LogP contribution in [0.5, 0.6) is 0 Å². The van der Waals surface area contributed by atoms with Crippen LogP contribution in [0.1, 0.15) is 40.0 Å². The SMILES string of the molecule is CCOC(=O)C(CC)(CC)CC#N.N. The summed E-state index contributed by atoms with van der Waals surface area (Å²) >= 11 is 0. The van der Waals surface area contributed by atoms with Crippen LogP contribution in [-0.4, -0.2) is 12.6 Å². The molecule has 82 valence electrons. The first-order valence-electron chi connectivity index (χ1n) is 4.71. The van der Waals surface area contributed by atoms with Crippen LogP contribution >= 0.6 is 0 Å². The summed E-state index contributed by atoms with van der Waals surface area (Å²) in [6.45, 7) is 5.99. The Hall–Kier alpha value is -1.08. The normalized spacial score (nSPS) is 9.86. The number of hydrogen-bond acceptors (Lipinski definition) is 4.